The first-order valence-corrected chi connectivity index (χ1v) is 8.36. The molecule has 7 nitrogen and oxygen atoms in total. The van der Waals surface area contributed by atoms with Crippen LogP contribution in [0.15, 0.2) is 23.8 Å². The lowest BCUT2D eigenvalue weighted by Crippen LogP contribution is -2.43. The van der Waals surface area contributed by atoms with E-state index in [-0.39, 0.29) is 18.6 Å². The van der Waals surface area contributed by atoms with Gasteiger partial charge in [-0.1, -0.05) is 0 Å². The average molecular weight is 333 g/mol. The van der Waals surface area contributed by atoms with Crippen LogP contribution in [0.1, 0.15) is 34.1 Å². The lowest BCUT2D eigenvalue weighted by Gasteiger charge is -2.35. The summed E-state index contributed by atoms with van der Waals surface area (Å²) in [6.45, 7) is 0.519. The topological polar surface area (TPSA) is 113 Å². The molecule has 0 aromatic carbocycles. The number of nitrogens with two attached hydrogens (primary N) is 1. The molecule has 2 heterocycles. The second-order valence-corrected chi connectivity index (χ2v) is 6.44. The molecular formula is C15H19N5O2S. The summed E-state index contributed by atoms with van der Waals surface area (Å²) in [5.74, 6) is 0.926. The lowest BCUT2D eigenvalue weighted by atomic mass is 9.78. The van der Waals surface area contributed by atoms with Crippen LogP contribution in [0, 0.1) is 0 Å². The minimum absolute atomic E-state index is 0.0583. The van der Waals surface area contributed by atoms with E-state index in [0.717, 1.165) is 18.5 Å². The molecule has 5 N–H and O–H groups in total. The maximum Gasteiger partial charge on any atom is 0.263 e. The Hall–Kier alpha value is -2.19. The fourth-order valence-corrected chi connectivity index (χ4v) is 3.33. The first-order valence-electron chi connectivity index (χ1n) is 7.48. The van der Waals surface area contributed by atoms with Gasteiger partial charge in [-0.25, -0.2) is 9.97 Å². The zero-order valence-corrected chi connectivity index (χ0v) is 13.3. The van der Waals surface area contributed by atoms with Gasteiger partial charge in [0, 0.05) is 30.3 Å². The third kappa shape index (κ3) is 3.59. The van der Waals surface area contributed by atoms with Crippen LogP contribution in [-0.2, 0) is 0 Å². The Labute approximate surface area is 138 Å². The highest BCUT2D eigenvalue weighted by Gasteiger charge is 2.33. The summed E-state index contributed by atoms with van der Waals surface area (Å²) in [7, 11) is 0. The van der Waals surface area contributed by atoms with E-state index in [2.05, 4.69) is 20.6 Å². The van der Waals surface area contributed by atoms with Gasteiger partial charge in [-0.3, -0.25) is 4.79 Å². The summed E-state index contributed by atoms with van der Waals surface area (Å²) < 4.78 is 0. The molecule has 2 aromatic rings. The summed E-state index contributed by atoms with van der Waals surface area (Å²) >= 11 is 1.35. The van der Waals surface area contributed by atoms with Gasteiger partial charge in [-0.15, -0.1) is 11.3 Å². The first kappa shape index (κ1) is 15.7. The second-order valence-electron chi connectivity index (χ2n) is 5.52. The Morgan fingerprint density at radius 3 is 2.96 bits per heavy atom. The number of nitrogens with one attached hydrogen (secondary N) is 2. The van der Waals surface area contributed by atoms with Crippen LogP contribution in [0.5, 0.6) is 0 Å². The van der Waals surface area contributed by atoms with Gasteiger partial charge in [-0.05, 0) is 24.3 Å². The molecule has 1 amide bonds. The van der Waals surface area contributed by atoms with Gasteiger partial charge in [0.05, 0.1) is 12.3 Å². The van der Waals surface area contributed by atoms with Crippen LogP contribution in [0.3, 0.4) is 0 Å². The third-order valence-electron chi connectivity index (χ3n) is 3.90. The number of rotatable bonds is 6. The van der Waals surface area contributed by atoms with Crippen molar-refractivity contribution in [1.82, 2.24) is 15.3 Å². The number of carbonyl (C=O) groups is 1. The van der Waals surface area contributed by atoms with Crippen molar-refractivity contribution in [3.8, 4) is 0 Å². The Kier molecular flexibility index (Phi) is 4.73. The Morgan fingerprint density at radius 2 is 2.26 bits per heavy atom. The molecule has 0 saturated heterocycles. The van der Waals surface area contributed by atoms with Gasteiger partial charge in [0.1, 0.15) is 17.0 Å². The Balaban J connectivity index is 1.53. The van der Waals surface area contributed by atoms with Crippen molar-refractivity contribution < 1.29 is 9.90 Å². The largest absolute Gasteiger partial charge is 0.397 e. The van der Waals surface area contributed by atoms with Crippen LogP contribution < -0.4 is 16.4 Å². The van der Waals surface area contributed by atoms with E-state index in [1.165, 1.54) is 17.7 Å². The van der Waals surface area contributed by atoms with Crippen molar-refractivity contribution in [2.45, 2.75) is 24.8 Å². The van der Waals surface area contributed by atoms with Gasteiger partial charge >= 0.3 is 0 Å². The second kappa shape index (κ2) is 6.93. The van der Waals surface area contributed by atoms with Crippen LogP contribution in [0.4, 0.5) is 11.5 Å². The number of hydrogen-bond donors (Lipinski definition) is 4. The SMILES string of the molecule is Nc1ccsc1C(=O)NC1CC(c2cc(NCCO)ncn2)C1. The zero-order chi connectivity index (χ0) is 16.2. The van der Waals surface area contributed by atoms with Crippen molar-refractivity contribution in [2.75, 3.05) is 24.2 Å². The van der Waals surface area contributed by atoms with Gasteiger partial charge in [0.2, 0.25) is 0 Å². The highest BCUT2D eigenvalue weighted by Crippen LogP contribution is 2.36. The number of amides is 1. The van der Waals surface area contributed by atoms with E-state index in [9.17, 15) is 4.79 Å². The minimum Gasteiger partial charge on any atom is -0.397 e. The van der Waals surface area contributed by atoms with Crippen molar-refractivity contribution >= 4 is 28.7 Å². The lowest BCUT2D eigenvalue weighted by molar-refractivity contribution is 0.0913. The van der Waals surface area contributed by atoms with Gasteiger partial charge < -0.3 is 21.5 Å². The number of aromatic nitrogens is 2. The summed E-state index contributed by atoms with van der Waals surface area (Å²) in [6, 6.07) is 3.79. The number of thiophene rings is 1. The average Bonchev–Trinajstić information content (AvgIpc) is 2.94. The summed E-state index contributed by atoms with van der Waals surface area (Å²) in [6.07, 6.45) is 3.23. The summed E-state index contributed by atoms with van der Waals surface area (Å²) in [5.41, 5.74) is 7.25. The molecule has 0 aliphatic heterocycles. The van der Waals surface area contributed by atoms with E-state index in [4.69, 9.17) is 10.8 Å². The third-order valence-corrected chi connectivity index (χ3v) is 4.83. The van der Waals surface area contributed by atoms with E-state index in [0.29, 0.717) is 28.8 Å². The molecular weight excluding hydrogens is 314 g/mol. The molecule has 122 valence electrons. The highest BCUT2D eigenvalue weighted by molar-refractivity contribution is 7.12. The van der Waals surface area contributed by atoms with Crippen LogP contribution in [0.25, 0.3) is 0 Å². The maximum absolute atomic E-state index is 12.1. The van der Waals surface area contributed by atoms with Crippen molar-refractivity contribution in [1.29, 1.82) is 0 Å². The molecule has 8 heteroatoms. The summed E-state index contributed by atoms with van der Waals surface area (Å²) in [4.78, 5) is 21.1. The Bertz CT molecular complexity index is 684. The monoisotopic (exact) mass is 333 g/mol. The molecule has 0 unspecified atom stereocenters. The van der Waals surface area contributed by atoms with Gasteiger partial charge in [-0.2, -0.15) is 0 Å². The smallest absolute Gasteiger partial charge is 0.263 e. The molecule has 3 rings (SSSR count). The number of aliphatic hydroxyl groups excluding tert-OH is 1. The normalized spacial score (nSPS) is 19.9. The molecule has 0 spiro atoms. The van der Waals surface area contributed by atoms with Gasteiger partial charge in [0.15, 0.2) is 0 Å². The quantitative estimate of drug-likeness (QED) is 0.632. The fourth-order valence-electron chi connectivity index (χ4n) is 2.61. The van der Waals surface area contributed by atoms with Crippen molar-refractivity contribution in [3.63, 3.8) is 0 Å². The van der Waals surface area contributed by atoms with Crippen LogP contribution in [0.2, 0.25) is 0 Å². The van der Waals surface area contributed by atoms with E-state index >= 15 is 0 Å². The molecule has 0 bridgehead atoms. The molecule has 0 atom stereocenters. The van der Waals surface area contributed by atoms with E-state index < -0.39 is 0 Å². The van der Waals surface area contributed by atoms with Crippen LogP contribution >= 0.6 is 11.3 Å². The number of nitrogen functional groups attached to an aromatic ring is 1. The van der Waals surface area contributed by atoms with E-state index in [1.807, 2.05) is 11.4 Å². The predicted octanol–water partition coefficient (Wildman–Crippen LogP) is 1.20. The summed E-state index contributed by atoms with van der Waals surface area (Å²) in [5, 5.41) is 16.7. The minimum atomic E-state index is -0.103. The molecule has 1 aliphatic carbocycles. The van der Waals surface area contributed by atoms with Crippen molar-refractivity contribution in [2.24, 2.45) is 0 Å². The zero-order valence-electron chi connectivity index (χ0n) is 12.5. The number of carbonyl (C=O) groups excluding carboxylic acids is 1. The van der Waals surface area contributed by atoms with Crippen LogP contribution in [-0.4, -0.2) is 40.2 Å². The molecule has 1 saturated carbocycles. The molecule has 1 aliphatic rings. The van der Waals surface area contributed by atoms with E-state index in [1.54, 1.807) is 6.07 Å². The highest BCUT2D eigenvalue weighted by atomic mass is 32.1. The standard InChI is InChI=1S/C15H19N5O2S/c16-11-1-4-23-14(11)15(22)20-10-5-9(6-10)12-7-13(17-2-3-21)19-8-18-12/h1,4,7-10,21H,2-3,5-6,16H2,(H,20,22)(H,17,18,19). The maximum atomic E-state index is 12.1. The van der Waals surface area contributed by atoms with Gasteiger partial charge in [0.25, 0.3) is 5.91 Å². The fraction of sp³-hybridized carbons (Fsp3) is 0.400. The Morgan fingerprint density at radius 1 is 1.43 bits per heavy atom. The van der Waals surface area contributed by atoms with Crippen molar-refractivity contribution in [3.05, 3.63) is 34.4 Å². The molecule has 2 aromatic heterocycles. The predicted molar refractivity (Wildman–Crippen MR) is 89.6 cm³/mol. The molecule has 23 heavy (non-hydrogen) atoms. The number of aliphatic hydroxyl groups is 1. The number of anilines is 2. The molecule has 1 fully saturated rings. The number of nitrogens with zero attached hydrogens (tertiary/aromatic N) is 2. The number of hydrogen-bond acceptors (Lipinski definition) is 7. The molecule has 0 radical (unpaired) electrons. The first-order chi connectivity index (χ1) is 11.2.